The zero-order chi connectivity index (χ0) is 10.1. The van der Waals surface area contributed by atoms with Gasteiger partial charge in [-0.1, -0.05) is 0 Å². The molecular weight excluding hydrogens is 269 g/mol. The topological polar surface area (TPSA) is 39.2 Å². The van der Waals surface area contributed by atoms with Crippen LogP contribution in [-0.4, -0.2) is 4.98 Å². The van der Waals surface area contributed by atoms with Gasteiger partial charge in [0.15, 0.2) is 16.2 Å². The van der Waals surface area contributed by atoms with Crippen molar-refractivity contribution in [2.45, 2.75) is 12.3 Å². The van der Waals surface area contributed by atoms with Gasteiger partial charge in [0.05, 0.1) is 6.20 Å². The third kappa shape index (κ3) is 1.86. The second kappa shape index (κ2) is 3.79. The van der Waals surface area contributed by atoms with Crippen molar-refractivity contribution in [2.75, 3.05) is 0 Å². The number of nitrogens with zero attached hydrogens (tertiary/aromatic N) is 1. The number of furan rings is 1. The van der Waals surface area contributed by atoms with E-state index in [2.05, 4.69) is 20.9 Å². The lowest BCUT2D eigenvalue weighted by molar-refractivity contribution is 0.477. The van der Waals surface area contributed by atoms with Crippen molar-refractivity contribution in [3.63, 3.8) is 0 Å². The Bertz CT molecular complexity index is 435. The highest BCUT2D eigenvalue weighted by Gasteiger charge is 2.12. The van der Waals surface area contributed by atoms with Crippen molar-refractivity contribution in [1.82, 2.24) is 4.98 Å². The van der Waals surface area contributed by atoms with Crippen LogP contribution in [0.3, 0.4) is 0 Å². The van der Waals surface area contributed by atoms with Crippen LogP contribution in [0.25, 0.3) is 11.5 Å². The zero-order valence-electron chi connectivity index (χ0n) is 7.33. The summed E-state index contributed by atoms with van der Waals surface area (Å²) in [6, 6.07) is 3.59. The fourth-order valence-electron chi connectivity index (χ4n) is 1.03. The molecule has 0 aliphatic heterocycles. The van der Waals surface area contributed by atoms with Gasteiger partial charge in [-0.2, -0.15) is 0 Å². The van der Waals surface area contributed by atoms with E-state index >= 15 is 0 Å². The third-order valence-electron chi connectivity index (χ3n) is 1.68. The summed E-state index contributed by atoms with van der Waals surface area (Å²) in [7, 11) is 0. The van der Waals surface area contributed by atoms with Crippen molar-refractivity contribution in [2.24, 2.45) is 0 Å². The van der Waals surface area contributed by atoms with Gasteiger partial charge < -0.3 is 8.83 Å². The normalized spacial score (nSPS) is 13.1. The number of halogens is 2. The van der Waals surface area contributed by atoms with Crippen molar-refractivity contribution < 1.29 is 8.83 Å². The van der Waals surface area contributed by atoms with Gasteiger partial charge >= 0.3 is 0 Å². The van der Waals surface area contributed by atoms with Crippen LogP contribution in [-0.2, 0) is 0 Å². The third-order valence-corrected chi connectivity index (χ3v) is 2.29. The summed E-state index contributed by atoms with van der Waals surface area (Å²) in [5, 5.41) is -0.234. The van der Waals surface area contributed by atoms with E-state index in [1.165, 1.54) is 0 Å². The predicted molar refractivity (Wildman–Crippen MR) is 56.2 cm³/mol. The Hall–Kier alpha value is -0.740. The lowest BCUT2D eigenvalue weighted by Gasteiger charge is -1.93. The van der Waals surface area contributed by atoms with Gasteiger partial charge in [0, 0.05) is 0 Å². The predicted octanol–water partition coefficient (Wildman–Crippen LogP) is 4.00. The van der Waals surface area contributed by atoms with Crippen LogP contribution in [0.4, 0.5) is 0 Å². The molecule has 0 spiro atoms. The Labute approximate surface area is 94.2 Å². The average Bonchev–Trinajstić information content (AvgIpc) is 2.70. The van der Waals surface area contributed by atoms with E-state index < -0.39 is 0 Å². The first-order valence-electron chi connectivity index (χ1n) is 4.02. The summed E-state index contributed by atoms with van der Waals surface area (Å²) in [4.78, 5) is 4.03. The van der Waals surface area contributed by atoms with E-state index in [-0.39, 0.29) is 5.38 Å². The van der Waals surface area contributed by atoms with Crippen LogP contribution in [0.1, 0.15) is 18.2 Å². The second-order valence-corrected chi connectivity index (χ2v) is 4.22. The zero-order valence-corrected chi connectivity index (χ0v) is 9.67. The van der Waals surface area contributed by atoms with Crippen molar-refractivity contribution in [3.8, 4) is 11.5 Å². The van der Waals surface area contributed by atoms with Crippen molar-refractivity contribution in [1.29, 1.82) is 0 Å². The minimum absolute atomic E-state index is 0.234. The van der Waals surface area contributed by atoms with Crippen LogP contribution in [0.2, 0.25) is 0 Å². The van der Waals surface area contributed by atoms with Gasteiger partial charge in [-0.25, -0.2) is 4.98 Å². The molecule has 2 aromatic heterocycles. The maximum Gasteiger partial charge on any atom is 0.212 e. The Balaban J connectivity index is 2.33. The van der Waals surface area contributed by atoms with Crippen LogP contribution < -0.4 is 0 Å². The Morgan fingerprint density at radius 3 is 2.64 bits per heavy atom. The highest BCUT2D eigenvalue weighted by atomic mass is 79.9. The number of alkyl halides is 1. The van der Waals surface area contributed by atoms with Crippen LogP contribution in [0, 0.1) is 0 Å². The van der Waals surface area contributed by atoms with E-state index in [0.717, 1.165) is 0 Å². The van der Waals surface area contributed by atoms with Crippen LogP contribution in [0.15, 0.2) is 31.8 Å². The number of aromatic nitrogens is 1. The molecule has 5 heteroatoms. The smallest absolute Gasteiger partial charge is 0.212 e. The molecule has 14 heavy (non-hydrogen) atoms. The minimum atomic E-state index is -0.234. The molecule has 2 heterocycles. The van der Waals surface area contributed by atoms with Gasteiger partial charge in [0.2, 0.25) is 5.89 Å². The number of hydrogen-bond donors (Lipinski definition) is 0. The quantitative estimate of drug-likeness (QED) is 0.778. The van der Waals surface area contributed by atoms with Crippen molar-refractivity contribution in [3.05, 3.63) is 28.9 Å². The molecule has 0 bridgehead atoms. The highest BCUT2D eigenvalue weighted by molar-refractivity contribution is 9.10. The molecule has 0 aliphatic carbocycles. The molecule has 3 nitrogen and oxygen atoms in total. The monoisotopic (exact) mass is 275 g/mol. The molecule has 0 aliphatic rings. The fourth-order valence-corrected chi connectivity index (χ4v) is 1.44. The molecule has 1 atom stereocenters. The molecule has 0 aromatic carbocycles. The molecule has 1 unspecified atom stereocenters. The number of oxazole rings is 1. The minimum Gasteiger partial charge on any atom is -0.446 e. The summed E-state index contributed by atoms with van der Waals surface area (Å²) in [5.74, 6) is 1.71. The van der Waals surface area contributed by atoms with Gasteiger partial charge in [0.1, 0.15) is 5.38 Å². The second-order valence-electron chi connectivity index (χ2n) is 2.78. The fraction of sp³-hybridized carbons (Fsp3) is 0.222. The molecule has 2 aromatic rings. The number of rotatable bonds is 2. The van der Waals surface area contributed by atoms with Crippen molar-refractivity contribution >= 4 is 27.5 Å². The molecule has 2 rings (SSSR count). The molecule has 0 fully saturated rings. The molecule has 0 saturated carbocycles. The summed E-state index contributed by atoms with van der Waals surface area (Å²) >= 11 is 9.02. The molecule has 0 saturated heterocycles. The first-order chi connectivity index (χ1) is 6.66. The number of hydrogen-bond acceptors (Lipinski definition) is 3. The van der Waals surface area contributed by atoms with Crippen LogP contribution >= 0.6 is 27.5 Å². The van der Waals surface area contributed by atoms with E-state index in [1.807, 2.05) is 0 Å². The average molecular weight is 277 g/mol. The summed E-state index contributed by atoms with van der Waals surface area (Å²) in [6.07, 6.45) is 1.60. The molecule has 0 N–H and O–H groups in total. The molecule has 0 amide bonds. The van der Waals surface area contributed by atoms with E-state index in [1.54, 1.807) is 25.3 Å². The molecular formula is C9H7BrClNO2. The summed E-state index contributed by atoms with van der Waals surface area (Å²) < 4.78 is 11.3. The van der Waals surface area contributed by atoms with E-state index in [4.69, 9.17) is 20.4 Å². The maximum absolute atomic E-state index is 5.81. The van der Waals surface area contributed by atoms with E-state index in [0.29, 0.717) is 22.1 Å². The molecule has 74 valence electrons. The van der Waals surface area contributed by atoms with E-state index in [9.17, 15) is 0 Å². The standard InChI is InChI=1S/C9H7BrClNO2/c1-5(11)9-12-4-7(14-9)6-2-3-8(10)13-6/h2-5H,1H3. The summed E-state index contributed by atoms with van der Waals surface area (Å²) in [6.45, 7) is 1.80. The van der Waals surface area contributed by atoms with Gasteiger partial charge in [-0.05, 0) is 35.0 Å². The summed E-state index contributed by atoms with van der Waals surface area (Å²) in [5.41, 5.74) is 0. The Morgan fingerprint density at radius 2 is 2.14 bits per heavy atom. The largest absolute Gasteiger partial charge is 0.446 e. The lowest BCUT2D eigenvalue weighted by atomic mass is 10.4. The first-order valence-corrected chi connectivity index (χ1v) is 5.25. The highest BCUT2D eigenvalue weighted by Crippen LogP contribution is 2.28. The first kappa shape index (κ1) is 9.80. The Morgan fingerprint density at radius 1 is 1.36 bits per heavy atom. The van der Waals surface area contributed by atoms with Gasteiger partial charge in [0.25, 0.3) is 0 Å². The van der Waals surface area contributed by atoms with Gasteiger partial charge in [-0.15, -0.1) is 11.6 Å². The lowest BCUT2D eigenvalue weighted by Crippen LogP contribution is -1.80. The maximum atomic E-state index is 5.81. The SMILES string of the molecule is CC(Cl)c1ncc(-c2ccc(Br)o2)o1. The Kier molecular flexibility index (Phi) is 2.65. The van der Waals surface area contributed by atoms with Gasteiger partial charge in [-0.3, -0.25) is 0 Å². The van der Waals surface area contributed by atoms with Crippen LogP contribution in [0.5, 0.6) is 0 Å². The molecule has 0 radical (unpaired) electrons.